The van der Waals surface area contributed by atoms with Gasteiger partial charge in [0.25, 0.3) is 0 Å². The Labute approximate surface area is 152 Å². The van der Waals surface area contributed by atoms with Crippen molar-refractivity contribution in [3.05, 3.63) is 58.9 Å². The number of halogens is 1. The number of rotatable bonds is 3. The lowest BCUT2D eigenvalue weighted by atomic mass is 10.2. The molecule has 0 atom stereocenters. The zero-order chi connectivity index (χ0) is 17.6. The van der Waals surface area contributed by atoms with Crippen LogP contribution in [-0.4, -0.2) is 13.4 Å². The number of primary sulfonamides is 1. The second-order valence-electron chi connectivity index (χ2n) is 5.40. The van der Waals surface area contributed by atoms with Crippen LogP contribution >= 0.6 is 22.9 Å². The summed E-state index contributed by atoms with van der Waals surface area (Å²) in [6.07, 6.45) is 0. The number of benzene rings is 2. The van der Waals surface area contributed by atoms with Gasteiger partial charge >= 0.3 is 0 Å². The van der Waals surface area contributed by atoms with E-state index < -0.39 is 10.0 Å². The van der Waals surface area contributed by atoms with Crippen molar-refractivity contribution in [3.63, 3.8) is 0 Å². The van der Waals surface area contributed by atoms with E-state index in [1.54, 1.807) is 18.2 Å². The van der Waals surface area contributed by atoms with Crippen LogP contribution in [0.25, 0.3) is 33.0 Å². The first-order valence-electron chi connectivity index (χ1n) is 7.18. The van der Waals surface area contributed by atoms with Gasteiger partial charge < -0.3 is 4.42 Å². The van der Waals surface area contributed by atoms with Crippen molar-refractivity contribution < 1.29 is 12.8 Å². The van der Waals surface area contributed by atoms with Gasteiger partial charge in [0, 0.05) is 21.4 Å². The highest BCUT2D eigenvalue weighted by Crippen LogP contribution is 2.33. The normalized spacial score (nSPS) is 11.9. The van der Waals surface area contributed by atoms with Gasteiger partial charge in [-0.1, -0.05) is 23.7 Å². The molecule has 0 saturated heterocycles. The Morgan fingerprint density at radius 1 is 1.08 bits per heavy atom. The number of aromatic nitrogens is 1. The molecule has 0 radical (unpaired) electrons. The summed E-state index contributed by atoms with van der Waals surface area (Å²) in [5.74, 6) is 0.654. The van der Waals surface area contributed by atoms with Crippen molar-refractivity contribution >= 4 is 43.9 Å². The molecule has 4 rings (SSSR count). The average Bonchev–Trinajstić information content (AvgIpc) is 3.20. The first kappa shape index (κ1) is 16.3. The number of nitrogens with zero attached hydrogens (tertiary/aromatic N) is 1. The maximum absolute atomic E-state index is 11.3. The summed E-state index contributed by atoms with van der Waals surface area (Å²) in [6.45, 7) is 0. The van der Waals surface area contributed by atoms with Crippen molar-refractivity contribution in [1.29, 1.82) is 0 Å². The fourth-order valence-electron chi connectivity index (χ4n) is 2.45. The molecule has 0 aliphatic rings. The summed E-state index contributed by atoms with van der Waals surface area (Å²) in [4.78, 5) is 4.64. The van der Waals surface area contributed by atoms with Crippen molar-refractivity contribution in [3.8, 4) is 22.0 Å². The van der Waals surface area contributed by atoms with Gasteiger partial charge in [0.15, 0.2) is 5.76 Å². The molecule has 2 aromatic heterocycles. The lowest BCUT2D eigenvalue weighted by Crippen LogP contribution is -2.11. The van der Waals surface area contributed by atoms with Crippen LogP contribution in [0.5, 0.6) is 0 Å². The standard InChI is InChI=1S/C17H11ClN2O3S2/c18-12-3-6-15-11(7-12)8-16(23-15)14-9-24-17(20-14)10-1-4-13(5-2-10)25(19,21)22/h1-9H,(H2,19,21,22). The van der Waals surface area contributed by atoms with Gasteiger partial charge in [0.2, 0.25) is 10.0 Å². The summed E-state index contributed by atoms with van der Waals surface area (Å²) < 4.78 is 28.5. The number of fused-ring (bicyclic) bond motifs is 1. The molecule has 0 amide bonds. The predicted molar refractivity (Wildman–Crippen MR) is 99.1 cm³/mol. The second-order valence-corrected chi connectivity index (χ2v) is 8.26. The summed E-state index contributed by atoms with van der Waals surface area (Å²) in [5, 5.41) is 9.32. The molecule has 2 aromatic carbocycles. The zero-order valence-corrected chi connectivity index (χ0v) is 15.0. The molecule has 0 bridgehead atoms. The largest absolute Gasteiger partial charge is 0.454 e. The van der Waals surface area contributed by atoms with Crippen LogP contribution in [-0.2, 0) is 10.0 Å². The molecule has 0 unspecified atom stereocenters. The number of nitrogens with two attached hydrogens (primary N) is 1. The highest BCUT2D eigenvalue weighted by atomic mass is 35.5. The van der Waals surface area contributed by atoms with E-state index in [4.69, 9.17) is 21.2 Å². The van der Waals surface area contributed by atoms with Gasteiger partial charge in [-0.3, -0.25) is 0 Å². The molecule has 126 valence electrons. The molecule has 0 saturated carbocycles. The van der Waals surface area contributed by atoms with E-state index in [1.807, 2.05) is 23.6 Å². The first-order chi connectivity index (χ1) is 11.9. The Morgan fingerprint density at radius 3 is 2.56 bits per heavy atom. The third-order valence-corrected chi connectivity index (χ3v) is 5.72. The van der Waals surface area contributed by atoms with E-state index in [-0.39, 0.29) is 4.90 Å². The Morgan fingerprint density at radius 2 is 1.84 bits per heavy atom. The van der Waals surface area contributed by atoms with E-state index in [0.29, 0.717) is 16.5 Å². The number of furan rings is 1. The van der Waals surface area contributed by atoms with Gasteiger partial charge in [-0.2, -0.15) is 0 Å². The van der Waals surface area contributed by atoms with Gasteiger partial charge in [-0.15, -0.1) is 11.3 Å². The van der Waals surface area contributed by atoms with Crippen LogP contribution in [0.15, 0.2) is 63.2 Å². The van der Waals surface area contributed by atoms with E-state index in [0.717, 1.165) is 21.5 Å². The molecule has 2 heterocycles. The maximum atomic E-state index is 11.3. The van der Waals surface area contributed by atoms with Gasteiger partial charge in [-0.05, 0) is 36.4 Å². The van der Waals surface area contributed by atoms with Crippen LogP contribution in [0.2, 0.25) is 5.02 Å². The van der Waals surface area contributed by atoms with Crippen LogP contribution in [0.1, 0.15) is 0 Å². The molecule has 0 aliphatic heterocycles. The molecule has 0 aliphatic carbocycles. The summed E-state index contributed by atoms with van der Waals surface area (Å²) in [5.41, 5.74) is 2.26. The summed E-state index contributed by atoms with van der Waals surface area (Å²) in [6, 6.07) is 13.6. The van der Waals surface area contributed by atoms with Gasteiger partial charge in [-0.25, -0.2) is 18.5 Å². The second kappa shape index (κ2) is 5.96. The molecule has 4 aromatic rings. The van der Waals surface area contributed by atoms with Crippen molar-refractivity contribution in [2.24, 2.45) is 5.14 Å². The first-order valence-corrected chi connectivity index (χ1v) is 9.99. The fourth-order valence-corrected chi connectivity index (χ4v) is 3.96. The monoisotopic (exact) mass is 390 g/mol. The molecule has 8 heteroatoms. The number of hydrogen-bond acceptors (Lipinski definition) is 5. The third kappa shape index (κ3) is 3.19. The quantitative estimate of drug-likeness (QED) is 0.557. The molecule has 2 N–H and O–H groups in total. The Kier molecular flexibility index (Phi) is 3.88. The lowest BCUT2D eigenvalue weighted by molar-refractivity contribution is 0.598. The molecule has 0 fully saturated rings. The van der Waals surface area contributed by atoms with Crippen LogP contribution in [0.3, 0.4) is 0 Å². The van der Waals surface area contributed by atoms with E-state index in [2.05, 4.69) is 4.98 Å². The van der Waals surface area contributed by atoms with E-state index >= 15 is 0 Å². The minimum absolute atomic E-state index is 0.0715. The Balaban J connectivity index is 1.69. The smallest absolute Gasteiger partial charge is 0.238 e. The Hall–Kier alpha value is -2.19. The van der Waals surface area contributed by atoms with Crippen molar-refractivity contribution in [2.75, 3.05) is 0 Å². The SMILES string of the molecule is NS(=O)(=O)c1ccc(-c2nc(-c3cc4cc(Cl)ccc4o3)cs2)cc1. The van der Waals surface area contributed by atoms with Gasteiger partial charge in [0.1, 0.15) is 16.3 Å². The zero-order valence-electron chi connectivity index (χ0n) is 12.6. The predicted octanol–water partition coefficient (Wildman–Crippen LogP) is 4.52. The minimum Gasteiger partial charge on any atom is -0.454 e. The highest BCUT2D eigenvalue weighted by Gasteiger charge is 2.13. The molecule has 5 nitrogen and oxygen atoms in total. The maximum Gasteiger partial charge on any atom is 0.238 e. The van der Waals surface area contributed by atoms with Crippen molar-refractivity contribution in [2.45, 2.75) is 4.90 Å². The molecular weight excluding hydrogens is 380 g/mol. The number of hydrogen-bond donors (Lipinski definition) is 1. The molecular formula is C17H11ClN2O3S2. The Bertz CT molecular complexity index is 1180. The molecule has 0 spiro atoms. The summed E-state index contributed by atoms with van der Waals surface area (Å²) in [7, 11) is -3.70. The van der Waals surface area contributed by atoms with E-state index in [9.17, 15) is 8.42 Å². The summed E-state index contributed by atoms with van der Waals surface area (Å²) >= 11 is 7.44. The van der Waals surface area contributed by atoms with Crippen molar-refractivity contribution in [1.82, 2.24) is 4.98 Å². The molecule has 25 heavy (non-hydrogen) atoms. The lowest BCUT2D eigenvalue weighted by Gasteiger charge is -1.99. The van der Waals surface area contributed by atoms with Crippen LogP contribution < -0.4 is 5.14 Å². The van der Waals surface area contributed by atoms with Crippen LogP contribution in [0.4, 0.5) is 0 Å². The van der Waals surface area contributed by atoms with Gasteiger partial charge in [0.05, 0.1) is 4.90 Å². The minimum atomic E-state index is -3.70. The van der Waals surface area contributed by atoms with E-state index in [1.165, 1.54) is 23.5 Å². The van der Waals surface area contributed by atoms with Crippen LogP contribution in [0, 0.1) is 0 Å². The fraction of sp³-hybridized carbons (Fsp3) is 0. The highest BCUT2D eigenvalue weighted by molar-refractivity contribution is 7.89. The number of sulfonamides is 1. The topological polar surface area (TPSA) is 86.2 Å². The average molecular weight is 391 g/mol. The third-order valence-electron chi connectivity index (χ3n) is 3.66. The number of thiazole rings is 1.